The summed E-state index contributed by atoms with van der Waals surface area (Å²) in [5.74, 6) is 0.453. The molecule has 1 heterocycles. The molecule has 0 spiro atoms. The van der Waals surface area contributed by atoms with Crippen LogP contribution < -0.4 is 0 Å². The molecule has 1 aliphatic carbocycles. The second kappa shape index (κ2) is 5.94. The molecule has 0 radical (unpaired) electrons. The molecule has 1 aromatic carbocycles. The molecule has 0 bridgehead atoms. The number of thioether (sulfide) groups is 1. The summed E-state index contributed by atoms with van der Waals surface area (Å²) in [6.07, 6.45) is 2.17. The van der Waals surface area contributed by atoms with Crippen molar-refractivity contribution in [3.63, 3.8) is 0 Å². The Bertz CT molecular complexity index is 726. The number of nitrogens with zero attached hydrogens (tertiary/aromatic N) is 4. The lowest BCUT2D eigenvalue weighted by molar-refractivity contribution is 0.565. The summed E-state index contributed by atoms with van der Waals surface area (Å²) in [5.41, 5.74) is 0. The smallest absolute Gasteiger partial charge is 0.209 e. The zero-order valence-corrected chi connectivity index (χ0v) is 13.4. The van der Waals surface area contributed by atoms with Gasteiger partial charge < -0.3 is 0 Å². The average Bonchev–Trinajstić information content (AvgIpc) is 3.19. The number of hydrogen-bond acceptors (Lipinski definition) is 6. The minimum absolute atomic E-state index is 0.0385. The molecule has 9 heteroatoms. The van der Waals surface area contributed by atoms with Gasteiger partial charge in [-0.3, -0.25) is 0 Å². The highest BCUT2D eigenvalue weighted by Gasteiger charge is 2.28. The van der Waals surface area contributed by atoms with Crippen LogP contribution >= 0.6 is 23.4 Å². The van der Waals surface area contributed by atoms with Crippen molar-refractivity contribution in [3.05, 3.63) is 29.3 Å². The van der Waals surface area contributed by atoms with Crippen LogP contribution in [0.4, 0.5) is 0 Å². The fourth-order valence-electron chi connectivity index (χ4n) is 1.83. The van der Waals surface area contributed by atoms with E-state index in [-0.39, 0.29) is 10.6 Å². The van der Waals surface area contributed by atoms with E-state index >= 15 is 0 Å². The molecule has 1 saturated carbocycles. The van der Waals surface area contributed by atoms with Crippen LogP contribution in [0.15, 0.2) is 34.3 Å². The first-order valence-corrected chi connectivity index (χ1v) is 9.47. The van der Waals surface area contributed by atoms with Gasteiger partial charge in [-0.05, 0) is 47.5 Å². The first-order chi connectivity index (χ1) is 10.1. The van der Waals surface area contributed by atoms with E-state index in [2.05, 4.69) is 15.5 Å². The molecule has 6 nitrogen and oxygen atoms in total. The largest absolute Gasteiger partial charge is 0.224 e. The molecule has 0 saturated heterocycles. The Morgan fingerprint density at radius 2 is 2.00 bits per heavy atom. The van der Waals surface area contributed by atoms with Crippen LogP contribution in [0.1, 0.15) is 18.9 Å². The number of sulfone groups is 1. The van der Waals surface area contributed by atoms with Gasteiger partial charge in [-0.25, -0.2) is 13.1 Å². The Morgan fingerprint density at radius 3 is 2.67 bits per heavy atom. The molecule has 0 aliphatic heterocycles. The van der Waals surface area contributed by atoms with Gasteiger partial charge >= 0.3 is 0 Å². The van der Waals surface area contributed by atoms with Gasteiger partial charge in [-0.15, -0.1) is 5.10 Å². The third-order valence-corrected chi connectivity index (χ3v) is 6.29. The van der Waals surface area contributed by atoms with Crippen molar-refractivity contribution >= 4 is 33.2 Å². The molecular weight excluding hydrogens is 332 g/mol. The van der Waals surface area contributed by atoms with E-state index in [4.69, 9.17) is 11.6 Å². The summed E-state index contributed by atoms with van der Waals surface area (Å²) < 4.78 is 26.2. The topological polar surface area (TPSA) is 77.7 Å². The third kappa shape index (κ3) is 3.56. The van der Waals surface area contributed by atoms with Crippen molar-refractivity contribution in [2.45, 2.75) is 28.9 Å². The van der Waals surface area contributed by atoms with E-state index in [1.54, 1.807) is 16.8 Å². The van der Waals surface area contributed by atoms with Crippen LogP contribution in [0.5, 0.6) is 0 Å². The van der Waals surface area contributed by atoms with Gasteiger partial charge in [0.1, 0.15) is 0 Å². The lowest BCUT2D eigenvalue weighted by Crippen LogP contribution is -2.09. The van der Waals surface area contributed by atoms with E-state index in [0.29, 0.717) is 22.0 Å². The van der Waals surface area contributed by atoms with Gasteiger partial charge in [-0.1, -0.05) is 23.4 Å². The van der Waals surface area contributed by atoms with Gasteiger partial charge in [0, 0.05) is 10.8 Å². The molecule has 1 fully saturated rings. The van der Waals surface area contributed by atoms with Crippen molar-refractivity contribution in [1.82, 2.24) is 20.2 Å². The summed E-state index contributed by atoms with van der Waals surface area (Å²) in [5, 5.41) is 12.7. The Hall–Kier alpha value is -1.12. The van der Waals surface area contributed by atoms with Crippen LogP contribution in [-0.2, 0) is 9.84 Å². The molecular formula is C12H13ClN4O2S2. The monoisotopic (exact) mass is 344 g/mol. The highest BCUT2D eigenvalue weighted by molar-refractivity contribution is 8.00. The molecule has 0 atom stereocenters. The maximum atomic E-state index is 12.2. The fraction of sp³-hybridized carbons (Fsp3) is 0.417. The Kier molecular flexibility index (Phi) is 4.19. The number of tetrazole rings is 1. The van der Waals surface area contributed by atoms with Gasteiger partial charge in [0.2, 0.25) is 5.16 Å². The predicted molar refractivity (Wildman–Crippen MR) is 80.3 cm³/mol. The van der Waals surface area contributed by atoms with Crippen LogP contribution in [0, 0.1) is 0 Å². The van der Waals surface area contributed by atoms with E-state index < -0.39 is 9.84 Å². The van der Waals surface area contributed by atoms with Crippen molar-refractivity contribution in [2.24, 2.45) is 0 Å². The maximum absolute atomic E-state index is 12.2. The van der Waals surface area contributed by atoms with Gasteiger partial charge in [0.25, 0.3) is 0 Å². The van der Waals surface area contributed by atoms with Crippen LogP contribution in [0.3, 0.4) is 0 Å². The summed E-state index contributed by atoms with van der Waals surface area (Å²) >= 11 is 7.13. The van der Waals surface area contributed by atoms with Crippen molar-refractivity contribution in [2.75, 3.05) is 11.5 Å². The molecule has 3 rings (SSSR count). The Morgan fingerprint density at radius 1 is 1.29 bits per heavy atom. The summed E-state index contributed by atoms with van der Waals surface area (Å²) in [6.45, 7) is 0. The molecule has 0 N–H and O–H groups in total. The zero-order valence-electron chi connectivity index (χ0n) is 11.0. The quantitative estimate of drug-likeness (QED) is 0.748. The van der Waals surface area contributed by atoms with Crippen LogP contribution in [0.2, 0.25) is 5.02 Å². The van der Waals surface area contributed by atoms with Gasteiger partial charge in [0.05, 0.1) is 16.7 Å². The zero-order chi connectivity index (χ0) is 14.9. The van der Waals surface area contributed by atoms with E-state index in [9.17, 15) is 8.42 Å². The number of hydrogen-bond donors (Lipinski definition) is 0. The van der Waals surface area contributed by atoms with Crippen molar-refractivity contribution < 1.29 is 8.42 Å². The fourth-order valence-corrected chi connectivity index (χ4v) is 4.55. The molecule has 0 amide bonds. The van der Waals surface area contributed by atoms with Gasteiger partial charge in [-0.2, -0.15) is 0 Å². The average molecular weight is 345 g/mol. The first-order valence-electron chi connectivity index (χ1n) is 6.45. The molecule has 1 aliphatic rings. The van der Waals surface area contributed by atoms with Crippen molar-refractivity contribution in [3.8, 4) is 0 Å². The van der Waals surface area contributed by atoms with Crippen LogP contribution in [0.25, 0.3) is 0 Å². The van der Waals surface area contributed by atoms with Crippen molar-refractivity contribution in [1.29, 1.82) is 0 Å². The standard InChI is InChI=1S/C12H13ClN4O2S2/c13-9-1-5-11(6-2-9)21(18,19)8-7-20-12-14-15-16-17(12)10-3-4-10/h1-2,5-6,10H,3-4,7-8H2. The van der Waals surface area contributed by atoms with Gasteiger partial charge in [0.15, 0.2) is 9.84 Å². The summed E-state index contributed by atoms with van der Waals surface area (Å²) in [7, 11) is -3.31. The molecule has 21 heavy (non-hydrogen) atoms. The highest BCUT2D eigenvalue weighted by atomic mass is 35.5. The SMILES string of the molecule is O=S(=O)(CCSc1nnnn1C1CC1)c1ccc(Cl)cc1. The second-order valence-electron chi connectivity index (χ2n) is 4.76. The number of halogens is 1. The van der Waals surface area contributed by atoms with E-state index in [1.807, 2.05) is 0 Å². The first kappa shape index (κ1) is 14.8. The lowest BCUT2D eigenvalue weighted by Gasteiger charge is -2.05. The Balaban J connectivity index is 1.61. The molecule has 0 unspecified atom stereocenters. The summed E-state index contributed by atoms with van der Waals surface area (Å²) in [6, 6.07) is 6.59. The molecule has 1 aromatic heterocycles. The van der Waals surface area contributed by atoms with E-state index in [0.717, 1.165) is 12.8 Å². The van der Waals surface area contributed by atoms with Crippen LogP contribution in [-0.4, -0.2) is 40.1 Å². The number of benzene rings is 1. The minimum atomic E-state index is -3.31. The Labute approximate surface area is 131 Å². The number of aromatic nitrogens is 4. The predicted octanol–water partition coefficient (Wildman–Crippen LogP) is 2.23. The summed E-state index contributed by atoms with van der Waals surface area (Å²) in [4.78, 5) is 0.286. The lowest BCUT2D eigenvalue weighted by atomic mass is 10.4. The van der Waals surface area contributed by atoms with E-state index in [1.165, 1.54) is 23.9 Å². The minimum Gasteiger partial charge on any atom is -0.224 e. The number of rotatable bonds is 6. The molecule has 112 valence electrons. The highest BCUT2D eigenvalue weighted by Crippen LogP contribution is 2.36. The molecule has 2 aromatic rings. The maximum Gasteiger partial charge on any atom is 0.209 e. The normalized spacial score (nSPS) is 15.3. The second-order valence-corrected chi connectivity index (χ2v) is 8.37. The third-order valence-electron chi connectivity index (χ3n) is 3.11.